The molecular formula is C22H16BrFN2O. The van der Waals surface area contributed by atoms with Crippen LogP contribution in [-0.2, 0) is 0 Å². The van der Waals surface area contributed by atoms with Gasteiger partial charge in [0.25, 0.3) is 0 Å². The molecule has 0 amide bonds. The number of benzene rings is 3. The van der Waals surface area contributed by atoms with E-state index in [-0.39, 0.29) is 11.9 Å². The Balaban J connectivity index is 1.61. The monoisotopic (exact) mass is 422 g/mol. The first-order valence-electron chi connectivity index (χ1n) is 8.82. The van der Waals surface area contributed by atoms with Crippen molar-refractivity contribution in [3.05, 3.63) is 99.8 Å². The molecule has 3 nitrogen and oxygen atoms in total. The molecule has 0 bridgehead atoms. The minimum atomic E-state index is -0.584. The zero-order valence-electron chi connectivity index (χ0n) is 14.3. The summed E-state index contributed by atoms with van der Waals surface area (Å²) in [6, 6.07) is 22.8. The Morgan fingerprint density at radius 2 is 1.63 bits per heavy atom. The number of rotatable bonds is 2. The lowest BCUT2D eigenvalue weighted by Gasteiger charge is -2.38. The van der Waals surface area contributed by atoms with Gasteiger partial charge in [0.1, 0.15) is 11.6 Å². The van der Waals surface area contributed by atoms with Crippen molar-refractivity contribution >= 4 is 21.6 Å². The van der Waals surface area contributed by atoms with E-state index in [1.165, 1.54) is 6.07 Å². The fraction of sp³-hybridized carbons (Fsp3) is 0.136. The van der Waals surface area contributed by atoms with Crippen LogP contribution in [0.4, 0.5) is 4.39 Å². The van der Waals surface area contributed by atoms with Crippen LogP contribution in [0.2, 0.25) is 0 Å². The highest BCUT2D eigenvalue weighted by Crippen LogP contribution is 2.47. The van der Waals surface area contributed by atoms with Gasteiger partial charge < -0.3 is 4.74 Å². The molecule has 0 spiro atoms. The lowest BCUT2D eigenvalue weighted by atomic mass is 9.96. The Labute approximate surface area is 165 Å². The lowest BCUT2D eigenvalue weighted by Crippen LogP contribution is -2.34. The van der Waals surface area contributed by atoms with Gasteiger partial charge in [-0.25, -0.2) is 9.40 Å². The smallest absolute Gasteiger partial charge is 0.216 e. The SMILES string of the molecule is Fc1ccccc1[C@@H]1Oc2ccccc2[C@@H]2CC(c3ccc(Br)cc3)=NN21. The summed E-state index contributed by atoms with van der Waals surface area (Å²) in [5.74, 6) is 0.507. The Morgan fingerprint density at radius 1 is 0.926 bits per heavy atom. The second-order valence-electron chi connectivity index (χ2n) is 6.68. The number of para-hydroxylation sites is 1. The molecule has 0 aromatic heterocycles. The van der Waals surface area contributed by atoms with Gasteiger partial charge >= 0.3 is 0 Å². The molecule has 0 radical (unpaired) electrons. The van der Waals surface area contributed by atoms with Gasteiger partial charge in [0.05, 0.1) is 17.3 Å². The number of ether oxygens (including phenoxy) is 1. The third-order valence-corrected chi connectivity index (χ3v) is 5.58. The molecule has 0 N–H and O–H groups in total. The van der Waals surface area contributed by atoms with Crippen LogP contribution in [0.1, 0.15) is 35.4 Å². The molecule has 2 atom stereocenters. The molecule has 5 heteroatoms. The average molecular weight is 423 g/mol. The van der Waals surface area contributed by atoms with Gasteiger partial charge in [-0.3, -0.25) is 0 Å². The quantitative estimate of drug-likeness (QED) is 0.518. The minimum Gasteiger partial charge on any atom is -0.464 e. The summed E-state index contributed by atoms with van der Waals surface area (Å²) in [7, 11) is 0. The van der Waals surface area contributed by atoms with Crippen LogP contribution < -0.4 is 4.74 Å². The highest BCUT2D eigenvalue weighted by molar-refractivity contribution is 9.10. The van der Waals surface area contributed by atoms with Crippen LogP contribution >= 0.6 is 15.9 Å². The van der Waals surface area contributed by atoms with Gasteiger partial charge in [0.2, 0.25) is 6.23 Å². The van der Waals surface area contributed by atoms with E-state index in [2.05, 4.69) is 22.0 Å². The molecule has 2 heterocycles. The van der Waals surface area contributed by atoms with Crippen LogP contribution in [0.25, 0.3) is 0 Å². The van der Waals surface area contributed by atoms with E-state index in [0.717, 1.165) is 33.5 Å². The number of fused-ring (bicyclic) bond motifs is 3. The van der Waals surface area contributed by atoms with E-state index < -0.39 is 6.23 Å². The zero-order chi connectivity index (χ0) is 18.4. The first kappa shape index (κ1) is 16.5. The van der Waals surface area contributed by atoms with Crippen LogP contribution in [0, 0.1) is 5.82 Å². The highest BCUT2D eigenvalue weighted by Gasteiger charge is 2.41. The van der Waals surface area contributed by atoms with Crippen molar-refractivity contribution in [2.24, 2.45) is 5.10 Å². The topological polar surface area (TPSA) is 24.8 Å². The molecule has 2 aliphatic heterocycles. The zero-order valence-corrected chi connectivity index (χ0v) is 15.9. The van der Waals surface area contributed by atoms with E-state index in [9.17, 15) is 4.39 Å². The van der Waals surface area contributed by atoms with Crippen LogP contribution in [-0.4, -0.2) is 10.7 Å². The van der Waals surface area contributed by atoms with Crippen LogP contribution in [0.15, 0.2) is 82.4 Å². The fourth-order valence-corrected chi connectivity index (χ4v) is 4.00. The summed E-state index contributed by atoms with van der Waals surface area (Å²) in [5.41, 5.74) is 3.63. The summed E-state index contributed by atoms with van der Waals surface area (Å²) in [6.45, 7) is 0. The summed E-state index contributed by atoms with van der Waals surface area (Å²) >= 11 is 3.47. The standard InChI is InChI=1S/C22H16BrFN2O/c23-15-11-9-14(10-12-15)19-13-20-17-6-2-4-8-21(17)27-22(26(20)25-19)16-5-1-3-7-18(16)24/h1-12,20,22H,13H2/t20-,22-/m0/s1. The molecule has 5 rings (SSSR count). The Bertz CT molecular complexity index is 1030. The number of halogens is 2. The van der Waals surface area contributed by atoms with Crippen molar-refractivity contribution < 1.29 is 9.13 Å². The van der Waals surface area contributed by atoms with Gasteiger partial charge in [-0.2, -0.15) is 5.10 Å². The third-order valence-electron chi connectivity index (χ3n) is 5.05. The van der Waals surface area contributed by atoms with E-state index in [4.69, 9.17) is 9.84 Å². The van der Waals surface area contributed by atoms with Gasteiger partial charge in [-0.15, -0.1) is 0 Å². The number of hydrogen-bond acceptors (Lipinski definition) is 3. The summed E-state index contributed by atoms with van der Waals surface area (Å²) in [4.78, 5) is 0. The van der Waals surface area contributed by atoms with Crippen molar-refractivity contribution in [3.63, 3.8) is 0 Å². The molecule has 3 aromatic carbocycles. The number of hydrazone groups is 1. The number of hydrogen-bond donors (Lipinski definition) is 0. The molecule has 2 aliphatic rings. The molecule has 0 saturated heterocycles. The maximum Gasteiger partial charge on any atom is 0.216 e. The lowest BCUT2D eigenvalue weighted by molar-refractivity contribution is -0.0212. The molecule has 27 heavy (non-hydrogen) atoms. The van der Waals surface area contributed by atoms with Crippen LogP contribution in [0.5, 0.6) is 5.75 Å². The molecule has 134 valence electrons. The molecular weight excluding hydrogens is 407 g/mol. The second kappa shape index (κ2) is 6.50. The number of nitrogens with zero attached hydrogens (tertiary/aromatic N) is 2. The first-order chi connectivity index (χ1) is 13.2. The van der Waals surface area contributed by atoms with Crippen LogP contribution in [0.3, 0.4) is 0 Å². The summed E-state index contributed by atoms with van der Waals surface area (Å²) < 4.78 is 21.7. The maximum absolute atomic E-state index is 14.5. The fourth-order valence-electron chi connectivity index (χ4n) is 3.73. The van der Waals surface area contributed by atoms with Crippen molar-refractivity contribution in [3.8, 4) is 5.75 Å². The molecule has 0 aliphatic carbocycles. The highest BCUT2D eigenvalue weighted by atomic mass is 79.9. The normalized spacial score (nSPS) is 20.5. The molecule has 0 unspecified atom stereocenters. The van der Waals surface area contributed by atoms with E-state index >= 15 is 0 Å². The Hall–Kier alpha value is -2.66. The Kier molecular flexibility index (Phi) is 3.97. The largest absolute Gasteiger partial charge is 0.464 e. The predicted octanol–water partition coefficient (Wildman–Crippen LogP) is 5.83. The van der Waals surface area contributed by atoms with E-state index in [0.29, 0.717) is 5.56 Å². The van der Waals surface area contributed by atoms with Gasteiger partial charge in [0, 0.05) is 16.5 Å². The van der Waals surface area contributed by atoms with E-state index in [1.54, 1.807) is 12.1 Å². The van der Waals surface area contributed by atoms with Gasteiger partial charge in [-0.1, -0.05) is 64.5 Å². The molecule has 3 aromatic rings. The van der Waals surface area contributed by atoms with Crippen molar-refractivity contribution in [1.29, 1.82) is 0 Å². The third kappa shape index (κ3) is 2.82. The van der Waals surface area contributed by atoms with E-state index in [1.807, 2.05) is 53.5 Å². The summed E-state index contributed by atoms with van der Waals surface area (Å²) in [6.07, 6.45) is 0.173. The van der Waals surface area contributed by atoms with Crippen molar-refractivity contribution in [2.75, 3.05) is 0 Å². The molecule has 0 fully saturated rings. The van der Waals surface area contributed by atoms with Gasteiger partial charge in [-0.05, 0) is 29.8 Å². The summed E-state index contributed by atoms with van der Waals surface area (Å²) in [5, 5.41) is 6.75. The van der Waals surface area contributed by atoms with Gasteiger partial charge in [0.15, 0.2) is 0 Å². The average Bonchev–Trinajstić information content (AvgIpc) is 3.14. The first-order valence-corrected chi connectivity index (χ1v) is 9.62. The Morgan fingerprint density at radius 3 is 2.41 bits per heavy atom. The molecule has 0 saturated carbocycles. The maximum atomic E-state index is 14.5. The second-order valence-corrected chi connectivity index (χ2v) is 7.60. The predicted molar refractivity (Wildman–Crippen MR) is 106 cm³/mol. The van der Waals surface area contributed by atoms with Crippen molar-refractivity contribution in [2.45, 2.75) is 18.7 Å². The minimum absolute atomic E-state index is 0.0261. The van der Waals surface area contributed by atoms with Crippen molar-refractivity contribution in [1.82, 2.24) is 5.01 Å².